The lowest BCUT2D eigenvalue weighted by atomic mass is 10.1. The molecule has 0 spiro atoms. The van der Waals surface area contributed by atoms with Gasteiger partial charge in [-0.25, -0.2) is 8.42 Å². The Morgan fingerprint density at radius 2 is 1.85 bits per heavy atom. The molecule has 0 heterocycles. The Hall–Kier alpha value is -2.98. The Kier molecular flexibility index (Phi) is 6.13. The molecule has 0 saturated heterocycles. The van der Waals surface area contributed by atoms with Gasteiger partial charge in [0.1, 0.15) is 5.75 Å². The quantitative estimate of drug-likeness (QED) is 0.569. The topological polar surface area (TPSA) is 119 Å². The maximum atomic E-state index is 12.5. The molecule has 0 fully saturated rings. The van der Waals surface area contributed by atoms with Gasteiger partial charge >= 0.3 is 0 Å². The molecule has 0 aliphatic heterocycles. The number of anilines is 1. The van der Waals surface area contributed by atoms with Crippen molar-refractivity contribution in [1.29, 1.82) is 0 Å². The Balaban J connectivity index is 2.13. The molecule has 0 bridgehead atoms. The van der Waals surface area contributed by atoms with Gasteiger partial charge in [0.15, 0.2) is 0 Å². The normalized spacial score (nSPS) is 11.3. The number of nitrogens with one attached hydrogen (secondary N) is 1. The molecule has 0 aliphatic rings. The molecule has 2 aromatic carbocycles. The lowest BCUT2D eigenvalue weighted by Crippen LogP contribution is -2.35. The molecule has 0 radical (unpaired) electrons. The molecule has 0 atom stereocenters. The number of sulfonamides is 1. The zero-order valence-corrected chi connectivity index (χ0v) is 15.8. The number of rotatable bonds is 7. The number of carbonyl (C=O) groups is 1. The summed E-state index contributed by atoms with van der Waals surface area (Å²) in [6, 6.07) is 10.1. The average molecular weight is 393 g/mol. The van der Waals surface area contributed by atoms with E-state index in [0.29, 0.717) is 5.75 Å². The third kappa shape index (κ3) is 4.60. The van der Waals surface area contributed by atoms with Crippen LogP contribution in [0.15, 0.2) is 47.4 Å². The number of benzene rings is 2. The van der Waals surface area contributed by atoms with Crippen molar-refractivity contribution in [3.63, 3.8) is 0 Å². The first-order valence-electron chi connectivity index (χ1n) is 7.81. The van der Waals surface area contributed by atoms with Crippen LogP contribution in [0.5, 0.6) is 5.75 Å². The Morgan fingerprint density at radius 1 is 1.22 bits per heavy atom. The van der Waals surface area contributed by atoms with E-state index in [-0.39, 0.29) is 21.8 Å². The van der Waals surface area contributed by atoms with Gasteiger partial charge in [-0.1, -0.05) is 6.07 Å². The second-order valence-corrected chi connectivity index (χ2v) is 7.74. The lowest BCUT2D eigenvalue weighted by molar-refractivity contribution is -0.385. The number of nitrogens with zero attached hydrogens (tertiary/aromatic N) is 2. The van der Waals surface area contributed by atoms with Crippen molar-refractivity contribution >= 4 is 27.3 Å². The number of nitro groups is 1. The number of hydrogen-bond donors (Lipinski definition) is 1. The van der Waals surface area contributed by atoms with Crippen LogP contribution in [-0.4, -0.2) is 44.3 Å². The minimum absolute atomic E-state index is 0.0186. The van der Waals surface area contributed by atoms with E-state index in [1.807, 2.05) is 0 Å². The second-order valence-electron chi connectivity index (χ2n) is 5.69. The maximum absolute atomic E-state index is 12.5. The van der Waals surface area contributed by atoms with E-state index in [1.165, 1.54) is 63.5 Å². The fourth-order valence-electron chi connectivity index (χ4n) is 2.36. The van der Waals surface area contributed by atoms with Crippen molar-refractivity contribution in [2.24, 2.45) is 0 Å². The van der Waals surface area contributed by atoms with Crippen molar-refractivity contribution in [1.82, 2.24) is 4.31 Å². The molecule has 0 saturated carbocycles. The predicted octanol–water partition coefficient (Wildman–Crippen LogP) is 2.17. The van der Waals surface area contributed by atoms with Gasteiger partial charge in [-0.2, -0.15) is 4.31 Å². The summed E-state index contributed by atoms with van der Waals surface area (Å²) in [5, 5.41) is 13.5. The molecule has 0 aliphatic carbocycles. The molecule has 1 N–H and O–H groups in total. The highest BCUT2D eigenvalue weighted by molar-refractivity contribution is 7.89. The largest absolute Gasteiger partial charge is 0.497 e. The molecular formula is C17H19N3O6S. The number of ether oxygens (including phenoxy) is 1. The summed E-state index contributed by atoms with van der Waals surface area (Å²) in [6.07, 6.45) is 0. The number of likely N-dealkylation sites (N-methyl/N-ethyl adjacent to an activating group) is 1. The van der Waals surface area contributed by atoms with Gasteiger partial charge in [0.25, 0.3) is 5.69 Å². The van der Waals surface area contributed by atoms with Gasteiger partial charge in [-0.15, -0.1) is 0 Å². The molecular weight excluding hydrogens is 374 g/mol. The van der Waals surface area contributed by atoms with Crippen LogP contribution in [0, 0.1) is 17.0 Å². The van der Waals surface area contributed by atoms with Crippen molar-refractivity contribution in [2.75, 3.05) is 26.0 Å². The van der Waals surface area contributed by atoms with Gasteiger partial charge in [-0.05, 0) is 37.3 Å². The Bertz CT molecular complexity index is 957. The van der Waals surface area contributed by atoms with Gasteiger partial charge < -0.3 is 10.1 Å². The maximum Gasteiger partial charge on any atom is 0.274 e. The van der Waals surface area contributed by atoms with Crippen LogP contribution < -0.4 is 10.1 Å². The van der Waals surface area contributed by atoms with E-state index in [9.17, 15) is 23.3 Å². The first-order chi connectivity index (χ1) is 12.7. The highest BCUT2D eigenvalue weighted by atomic mass is 32.2. The van der Waals surface area contributed by atoms with Gasteiger partial charge in [0, 0.05) is 13.1 Å². The molecule has 27 heavy (non-hydrogen) atoms. The number of hydrogen-bond acceptors (Lipinski definition) is 6. The van der Waals surface area contributed by atoms with Gasteiger partial charge in [0.2, 0.25) is 15.9 Å². The highest BCUT2D eigenvalue weighted by Crippen LogP contribution is 2.25. The predicted molar refractivity (Wildman–Crippen MR) is 99.3 cm³/mol. The monoisotopic (exact) mass is 393 g/mol. The average Bonchev–Trinajstić information content (AvgIpc) is 2.63. The summed E-state index contributed by atoms with van der Waals surface area (Å²) in [7, 11) is -1.13. The summed E-state index contributed by atoms with van der Waals surface area (Å²) >= 11 is 0. The molecule has 9 nitrogen and oxygen atoms in total. The third-order valence-corrected chi connectivity index (χ3v) is 5.73. The van der Waals surface area contributed by atoms with Crippen LogP contribution in [-0.2, 0) is 14.8 Å². The number of methoxy groups -OCH3 is 1. The summed E-state index contributed by atoms with van der Waals surface area (Å²) in [5.41, 5.74) is 0.410. The van der Waals surface area contributed by atoms with E-state index < -0.39 is 27.4 Å². The standard InChI is InChI=1S/C17H19N3O6S/c1-12-15(5-4-6-16(12)20(22)23)18-17(21)11-19(2)27(24,25)14-9-7-13(26-3)8-10-14/h4-10H,11H2,1-3H3,(H,18,21). The molecule has 0 aromatic heterocycles. The molecule has 10 heteroatoms. The Labute approximate surface area is 156 Å². The van der Waals surface area contributed by atoms with Crippen LogP contribution in [0.4, 0.5) is 11.4 Å². The van der Waals surface area contributed by atoms with Crippen molar-refractivity contribution in [3.8, 4) is 5.75 Å². The summed E-state index contributed by atoms with van der Waals surface area (Å²) in [4.78, 5) is 22.7. The first-order valence-corrected chi connectivity index (χ1v) is 9.25. The zero-order valence-electron chi connectivity index (χ0n) is 15.0. The Morgan fingerprint density at radius 3 is 2.41 bits per heavy atom. The minimum Gasteiger partial charge on any atom is -0.497 e. The van der Waals surface area contributed by atoms with Crippen LogP contribution in [0.1, 0.15) is 5.56 Å². The van der Waals surface area contributed by atoms with E-state index in [1.54, 1.807) is 0 Å². The molecule has 144 valence electrons. The van der Waals surface area contributed by atoms with Crippen LogP contribution in [0.3, 0.4) is 0 Å². The van der Waals surface area contributed by atoms with E-state index in [4.69, 9.17) is 4.74 Å². The van der Waals surface area contributed by atoms with Crippen LogP contribution >= 0.6 is 0 Å². The summed E-state index contributed by atoms with van der Waals surface area (Å²) in [5.74, 6) is -0.103. The van der Waals surface area contributed by atoms with Crippen molar-refractivity contribution in [3.05, 3.63) is 58.1 Å². The lowest BCUT2D eigenvalue weighted by Gasteiger charge is -2.17. The molecule has 2 aromatic rings. The van der Waals surface area contributed by atoms with E-state index in [2.05, 4.69) is 5.32 Å². The summed E-state index contributed by atoms with van der Waals surface area (Å²) < 4.78 is 31.0. The SMILES string of the molecule is COc1ccc(S(=O)(=O)N(C)CC(=O)Nc2cccc([N+](=O)[O-])c2C)cc1. The number of carbonyl (C=O) groups excluding carboxylic acids is 1. The molecule has 1 amide bonds. The van der Waals surface area contributed by atoms with E-state index in [0.717, 1.165) is 4.31 Å². The molecule has 2 rings (SSSR count). The van der Waals surface area contributed by atoms with E-state index >= 15 is 0 Å². The third-order valence-electron chi connectivity index (χ3n) is 3.91. The van der Waals surface area contributed by atoms with Gasteiger partial charge in [0.05, 0.1) is 34.7 Å². The highest BCUT2D eigenvalue weighted by Gasteiger charge is 2.23. The van der Waals surface area contributed by atoms with Gasteiger partial charge in [-0.3, -0.25) is 14.9 Å². The smallest absolute Gasteiger partial charge is 0.274 e. The molecule has 0 unspecified atom stereocenters. The second kappa shape index (κ2) is 8.14. The van der Waals surface area contributed by atoms with Crippen LogP contribution in [0.25, 0.3) is 0 Å². The fourth-order valence-corrected chi connectivity index (χ4v) is 3.49. The van der Waals surface area contributed by atoms with Crippen molar-refractivity contribution in [2.45, 2.75) is 11.8 Å². The number of nitro benzene ring substituents is 1. The zero-order chi connectivity index (χ0) is 20.2. The fraction of sp³-hybridized carbons (Fsp3) is 0.235. The van der Waals surface area contributed by atoms with Crippen LogP contribution in [0.2, 0.25) is 0 Å². The number of amides is 1. The summed E-state index contributed by atoms with van der Waals surface area (Å²) in [6.45, 7) is 1.06. The first kappa shape index (κ1) is 20.3. The van der Waals surface area contributed by atoms with Crippen molar-refractivity contribution < 1.29 is 22.9 Å². The minimum atomic E-state index is -3.87.